The van der Waals surface area contributed by atoms with Crippen LogP contribution in [0, 0.1) is 11.3 Å². The van der Waals surface area contributed by atoms with E-state index < -0.39 is 0 Å². The third kappa shape index (κ3) is 2.39. The van der Waals surface area contributed by atoms with Gasteiger partial charge in [-0.05, 0) is 0 Å². The second kappa shape index (κ2) is 3.24. The zero-order valence-corrected chi connectivity index (χ0v) is 5.27. The molecule has 0 heterocycles. The molecule has 0 fully saturated rings. The van der Waals surface area contributed by atoms with Crippen LogP contribution in [-0.2, 0) is 4.74 Å². The average molecular weight is 113 g/mol. The fourth-order valence-corrected chi connectivity index (χ4v) is 0.226. The summed E-state index contributed by atoms with van der Waals surface area (Å²) in [7, 11) is 0. The van der Waals surface area contributed by atoms with Gasteiger partial charge in [-0.3, -0.25) is 5.41 Å². The van der Waals surface area contributed by atoms with Crippen LogP contribution in [0.2, 0.25) is 0 Å². The summed E-state index contributed by atoms with van der Waals surface area (Å²) in [6.45, 7) is 7.11. The fourth-order valence-electron chi connectivity index (χ4n) is 0.226. The maximum atomic E-state index is 7.05. The summed E-state index contributed by atoms with van der Waals surface area (Å²) in [6, 6.07) is 0. The Morgan fingerprint density at radius 3 is 2.38 bits per heavy atom. The van der Waals surface area contributed by atoms with Gasteiger partial charge < -0.3 is 4.74 Å². The lowest BCUT2D eigenvalue weighted by molar-refractivity contribution is 0.433. The molecule has 0 rings (SSSR count). The van der Waals surface area contributed by atoms with Gasteiger partial charge in [0.25, 0.3) is 0 Å². The van der Waals surface area contributed by atoms with Crippen molar-refractivity contribution in [2.24, 2.45) is 5.92 Å². The first-order chi connectivity index (χ1) is 3.68. The first-order valence-electron chi connectivity index (χ1n) is 2.54. The summed E-state index contributed by atoms with van der Waals surface area (Å²) < 4.78 is 4.65. The minimum Gasteiger partial charge on any atom is -0.452 e. The Kier molecular flexibility index (Phi) is 2.92. The molecule has 0 atom stereocenters. The van der Waals surface area contributed by atoms with E-state index in [1.54, 1.807) is 0 Å². The minimum atomic E-state index is 0.160. The Morgan fingerprint density at radius 1 is 1.75 bits per heavy atom. The van der Waals surface area contributed by atoms with Crippen molar-refractivity contribution in [1.29, 1.82) is 5.41 Å². The van der Waals surface area contributed by atoms with Crippen molar-refractivity contribution in [3.8, 4) is 0 Å². The molecule has 2 heteroatoms. The average Bonchev–Trinajstić information content (AvgIpc) is 1.67. The summed E-state index contributed by atoms with van der Waals surface area (Å²) in [6.07, 6.45) is 1.27. The number of hydrogen-bond donors (Lipinski definition) is 1. The lowest BCUT2D eigenvalue weighted by Gasteiger charge is -2.02. The lowest BCUT2D eigenvalue weighted by Crippen LogP contribution is -2.06. The zero-order chi connectivity index (χ0) is 6.57. The topological polar surface area (TPSA) is 33.1 Å². The highest BCUT2D eigenvalue weighted by Gasteiger charge is 1.99. The van der Waals surface area contributed by atoms with E-state index in [1.807, 2.05) is 13.8 Å². The monoisotopic (exact) mass is 113 g/mol. The normalized spacial score (nSPS) is 8.88. The van der Waals surface area contributed by atoms with Crippen molar-refractivity contribution in [2.75, 3.05) is 0 Å². The fraction of sp³-hybridized carbons (Fsp3) is 0.500. The molecule has 8 heavy (non-hydrogen) atoms. The minimum absolute atomic E-state index is 0.160. The van der Waals surface area contributed by atoms with Gasteiger partial charge in [0.05, 0.1) is 6.26 Å². The van der Waals surface area contributed by atoms with Crippen LogP contribution in [0.1, 0.15) is 13.8 Å². The van der Waals surface area contributed by atoms with Crippen LogP contribution < -0.4 is 0 Å². The van der Waals surface area contributed by atoms with E-state index in [4.69, 9.17) is 5.41 Å². The third-order valence-corrected chi connectivity index (χ3v) is 0.735. The summed E-state index contributed by atoms with van der Waals surface area (Å²) in [4.78, 5) is 0. The van der Waals surface area contributed by atoms with Gasteiger partial charge in [-0.1, -0.05) is 20.4 Å². The highest BCUT2D eigenvalue weighted by molar-refractivity contribution is 5.75. The van der Waals surface area contributed by atoms with Crippen molar-refractivity contribution in [1.82, 2.24) is 0 Å². The summed E-state index contributed by atoms with van der Waals surface area (Å²) in [5, 5.41) is 7.05. The number of hydrogen-bond acceptors (Lipinski definition) is 2. The Bertz CT molecular complexity index is 96.7. The molecule has 0 amide bonds. The molecule has 0 radical (unpaired) electrons. The third-order valence-electron chi connectivity index (χ3n) is 0.735. The Balaban J connectivity index is 3.48. The van der Waals surface area contributed by atoms with Crippen molar-refractivity contribution >= 4 is 5.90 Å². The Hall–Kier alpha value is -0.790. The number of nitrogens with one attached hydrogen (secondary N) is 1. The molecule has 0 aromatic rings. The van der Waals surface area contributed by atoms with Crippen LogP contribution in [0.4, 0.5) is 0 Å². The second-order valence-corrected chi connectivity index (χ2v) is 1.80. The van der Waals surface area contributed by atoms with E-state index in [0.717, 1.165) is 0 Å². The second-order valence-electron chi connectivity index (χ2n) is 1.80. The van der Waals surface area contributed by atoms with E-state index in [2.05, 4.69) is 11.3 Å². The van der Waals surface area contributed by atoms with Crippen LogP contribution in [0.5, 0.6) is 0 Å². The summed E-state index contributed by atoms with van der Waals surface area (Å²) in [5.74, 6) is 0.424. The maximum Gasteiger partial charge on any atom is 0.188 e. The van der Waals surface area contributed by atoms with Crippen molar-refractivity contribution in [3.63, 3.8) is 0 Å². The molecule has 0 aromatic carbocycles. The van der Waals surface area contributed by atoms with Gasteiger partial charge >= 0.3 is 0 Å². The molecule has 0 aliphatic rings. The summed E-state index contributed by atoms with van der Waals surface area (Å²) >= 11 is 0. The van der Waals surface area contributed by atoms with E-state index in [-0.39, 0.29) is 11.8 Å². The molecule has 0 aliphatic carbocycles. The lowest BCUT2D eigenvalue weighted by atomic mass is 10.2. The first-order valence-corrected chi connectivity index (χ1v) is 2.54. The van der Waals surface area contributed by atoms with Crippen LogP contribution in [0.25, 0.3) is 0 Å². The molecule has 46 valence electrons. The standard InChI is InChI=1S/C6H11NO/c1-4-8-6(7)5(2)3/h4-5,7H,1H2,2-3H3. The van der Waals surface area contributed by atoms with E-state index in [1.165, 1.54) is 6.26 Å². The van der Waals surface area contributed by atoms with E-state index >= 15 is 0 Å². The zero-order valence-electron chi connectivity index (χ0n) is 5.27. The van der Waals surface area contributed by atoms with Crippen LogP contribution in [0.15, 0.2) is 12.8 Å². The van der Waals surface area contributed by atoms with Crippen LogP contribution >= 0.6 is 0 Å². The molecule has 0 unspecified atom stereocenters. The largest absolute Gasteiger partial charge is 0.452 e. The molecular weight excluding hydrogens is 102 g/mol. The predicted molar refractivity (Wildman–Crippen MR) is 33.8 cm³/mol. The van der Waals surface area contributed by atoms with E-state index in [0.29, 0.717) is 0 Å². The highest BCUT2D eigenvalue weighted by Crippen LogP contribution is 1.94. The summed E-state index contributed by atoms with van der Waals surface area (Å²) in [5.41, 5.74) is 0. The Morgan fingerprint density at radius 2 is 2.25 bits per heavy atom. The van der Waals surface area contributed by atoms with Gasteiger partial charge in [0, 0.05) is 5.92 Å². The van der Waals surface area contributed by atoms with E-state index in [9.17, 15) is 0 Å². The molecule has 1 N–H and O–H groups in total. The Labute approximate surface area is 49.7 Å². The van der Waals surface area contributed by atoms with Gasteiger partial charge in [-0.15, -0.1) is 0 Å². The predicted octanol–water partition coefficient (Wildman–Crippen LogP) is 1.78. The van der Waals surface area contributed by atoms with Gasteiger partial charge in [-0.25, -0.2) is 0 Å². The van der Waals surface area contributed by atoms with Gasteiger partial charge in [0.2, 0.25) is 0 Å². The molecule has 0 spiro atoms. The molecule has 0 aliphatic heterocycles. The van der Waals surface area contributed by atoms with Crippen molar-refractivity contribution < 1.29 is 4.74 Å². The van der Waals surface area contributed by atoms with Gasteiger partial charge in [-0.2, -0.15) is 0 Å². The molecular formula is C6H11NO. The number of rotatable bonds is 2. The highest BCUT2D eigenvalue weighted by atomic mass is 16.5. The van der Waals surface area contributed by atoms with Gasteiger partial charge in [0.15, 0.2) is 5.90 Å². The van der Waals surface area contributed by atoms with Gasteiger partial charge in [0.1, 0.15) is 0 Å². The molecule has 0 bridgehead atoms. The first kappa shape index (κ1) is 7.21. The maximum absolute atomic E-state index is 7.05. The van der Waals surface area contributed by atoms with Crippen molar-refractivity contribution in [2.45, 2.75) is 13.8 Å². The van der Waals surface area contributed by atoms with Crippen molar-refractivity contribution in [3.05, 3.63) is 12.8 Å². The molecule has 2 nitrogen and oxygen atoms in total. The molecule has 0 saturated carbocycles. The smallest absolute Gasteiger partial charge is 0.188 e. The quantitative estimate of drug-likeness (QED) is 0.330. The SMILES string of the molecule is C=COC(=N)C(C)C. The van der Waals surface area contributed by atoms with Crippen LogP contribution in [0.3, 0.4) is 0 Å². The molecule has 0 aromatic heterocycles. The molecule has 0 saturated heterocycles. The number of ether oxygens (including phenoxy) is 1. The van der Waals surface area contributed by atoms with Crippen LogP contribution in [-0.4, -0.2) is 5.90 Å².